The van der Waals surface area contributed by atoms with Crippen LogP contribution in [0.15, 0.2) is 52.3 Å². The van der Waals surface area contributed by atoms with Gasteiger partial charge < -0.3 is 10.5 Å². The van der Waals surface area contributed by atoms with E-state index in [2.05, 4.69) is 0 Å². The van der Waals surface area contributed by atoms with E-state index in [0.717, 1.165) is 21.1 Å². The standard InChI is InChI=1S/C14H14ClNOS/c1-17-11-3-2-4-12(7-11)18-13-6-5-10(9-16)14(15)8-13/h2-8H,9,16H2,1H3. The molecule has 0 aliphatic heterocycles. The third kappa shape index (κ3) is 3.19. The van der Waals surface area contributed by atoms with Gasteiger partial charge in [0.15, 0.2) is 0 Å². The number of benzene rings is 2. The molecule has 0 saturated heterocycles. The first-order valence-corrected chi connectivity index (χ1v) is 6.73. The largest absolute Gasteiger partial charge is 0.497 e. The van der Waals surface area contributed by atoms with Crippen molar-refractivity contribution in [2.45, 2.75) is 16.3 Å². The number of hydrogen-bond donors (Lipinski definition) is 1. The Hall–Kier alpha value is -1.16. The summed E-state index contributed by atoms with van der Waals surface area (Å²) in [6.45, 7) is 0.461. The molecule has 0 amide bonds. The molecule has 18 heavy (non-hydrogen) atoms. The maximum atomic E-state index is 6.14. The lowest BCUT2D eigenvalue weighted by Crippen LogP contribution is -1.96. The molecule has 2 N–H and O–H groups in total. The van der Waals surface area contributed by atoms with Gasteiger partial charge in [0, 0.05) is 21.4 Å². The number of methoxy groups -OCH3 is 1. The molecule has 0 atom stereocenters. The maximum Gasteiger partial charge on any atom is 0.119 e. The summed E-state index contributed by atoms with van der Waals surface area (Å²) < 4.78 is 5.20. The predicted octanol–water partition coefficient (Wildman–Crippen LogP) is 3.96. The lowest BCUT2D eigenvalue weighted by molar-refractivity contribution is 0.413. The summed E-state index contributed by atoms with van der Waals surface area (Å²) >= 11 is 7.78. The summed E-state index contributed by atoms with van der Waals surface area (Å²) in [7, 11) is 1.66. The molecule has 2 rings (SSSR count). The number of ether oxygens (including phenoxy) is 1. The van der Waals surface area contributed by atoms with Crippen LogP contribution in [0, 0.1) is 0 Å². The van der Waals surface area contributed by atoms with Gasteiger partial charge >= 0.3 is 0 Å². The molecule has 0 aromatic heterocycles. The van der Waals surface area contributed by atoms with Crippen molar-refractivity contribution in [1.82, 2.24) is 0 Å². The summed E-state index contributed by atoms with van der Waals surface area (Å²) in [5, 5.41) is 0.713. The zero-order valence-corrected chi connectivity index (χ0v) is 11.6. The van der Waals surface area contributed by atoms with Gasteiger partial charge in [-0.25, -0.2) is 0 Å². The molecule has 0 aliphatic carbocycles. The smallest absolute Gasteiger partial charge is 0.119 e. The highest BCUT2D eigenvalue weighted by molar-refractivity contribution is 7.99. The normalized spacial score (nSPS) is 10.4. The van der Waals surface area contributed by atoms with Crippen LogP contribution >= 0.6 is 23.4 Å². The van der Waals surface area contributed by atoms with E-state index in [9.17, 15) is 0 Å². The van der Waals surface area contributed by atoms with Crippen molar-refractivity contribution in [3.05, 3.63) is 53.1 Å². The Labute approximate surface area is 116 Å². The van der Waals surface area contributed by atoms with Gasteiger partial charge in [0.25, 0.3) is 0 Å². The Balaban J connectivity index is 2.20. The zero-order valence-electron chi connectivity index (χ0n) is 10.0. The summed E-state index contributed by atoms with van der Waals surface area (Å²) in [6, 6.07) is 13.9. The van der Waals surface area contributed by atoms with E-state index < -0.39 is 0 Å². The molecule has 2 aromatic rings. The third-order valence-corrected chi connectivity index (χ3v) is 3.85. The summed E-state index contributed by atoms with van der Waals surface area (Å²) in [6.07, 6.45) is 0. The van der Waals surface area contributed by atoms with Crippen LogP contribution in [0.4, 0.5) is 0 Å². The van der Waals surface area contributed by atoms with Crippen LogP contribution in [0.1, 0.15) is 5.56 Å². The van der Waals surface area contributed by atoms with E-state index in [1.54, 1.807) is 18.9 Å². The minimum atomic E-state index is 0.461. The number of rotatable bonds is 4. The monoisotopic (exact) mass is 279 g/mol. The van der Waals surface area contributed by atoms with E-state index in [-0.39, 0.29) is 0 Å². The van der Waals surface area contributed by atoms with Crippen LogP contribution in [0.25, 0.3) is 0 Å². The highest BCUT2D eigenvalue weighted by atomic mass is 35.5. The fraction of sp³-hybridized carbons (Fsp3) is 0.143. The van der Waals surface area contributed by atoms with Gasteiger partial charge in [-0.05, 0) is 35.9 Å². The second kappa shape index (κ2) is 6.14. The van der Waals surface area contributed by atoms with Crippen LogP contribution in [0.2, 0.25) is 5.02 Å². The van der Waals surface area contributed by atoms with Gasteiger partial charge in [-0.15, -0.1) is 0 Å². The molecular formula is C14H14ClNOS. The second-order valence-electron chi connectivity index (χ2n) is 3.74. The molecule has 0 saturated carbocycles. The van der Waals surface area contributed by atoms with E-state index >= 15 is 0 Å². The minimum Gasteiger partial charge on any atom is -0.497 e. The molecule has 0 radical (unpaired) electrons. The molecule has 4 heteroatoms. The Morgan fingerprint density at radius 3 is 2.61 bits per heavy atom. The fourth-order valence-corrected chi connectivity index (χ4v) is 2.79. The number of hydrogen-bond acceptors (Lipinski definition) is 3. The van der Waals surface area contributed by atoms with E-state index in [1.807, 2.05) is 42.5 Å². The fourth-order valence-electron chi connectivity index (χ4n) is 1.56. The average Bonchev–Trinajstić information content (AvgIpc) is 2.39. The molecule has 2 aromatic carbocycles. The lowest BCUT2D eigenvalue weighted by Gasteiger charge is -2.06. The van der Waals surface area contributed by atoms with Gasteiger partial charge in [0.2, 0.25) is 0 Å². The quantitative estimate of drug-likeness (QED) is 0.920. The molecule has 0 aliphatic rings. The lowest BCUT2D eigenvalue weighted by atomic mass is 10.2. The first-order chi connectivity index (χ1) is 8.72. The van der Waals surface area contributed by atoms with E-state index in [4.69, 9.17) is 22.1 Å². The molecule has 0 fully saturated rings. The number of nitrogens with two attached hydrogens (primary N) is 1. The number of halogens is 1. The molecular weight excluding hydrogens is 266 g/mol. The summed E-state index contributed by atoms with van der Waals surface area (Å²) in [5.41, 5.74) is 6.55. The first-order valence-electron chi connectivity index (χ1n) is 5.53. The molecule has 0 bridgehead atoms. The van der Waals surface area contributed by atoms with Crippen molar-refractivity contribution in [2.24, 2.45) is 5.73 Å². The zero-order chi connectivity index (χ0) is 13.0. The van der Waals surface area contributed by atoms with Gasteiger partial charge in [-0.2, -0.15) is 0 Å². The Kier molecular flexibility index (Phi) is 4.53. The van der Waals surface area contributed by atoms with Crippen molar-refractivity contribution in [3.63, 3.8) is 0 Å². The molecule has 0 heterocycles. The van der Waals surface area contributed by atoms with Crippen LogP contribution < -0.4 is 10.5 Å². The topological polar surface area (TPSA) is 35.2 Å². The maximum absolute atomic E-state index is 6.14. The van der Waals surface area contributed by atoms with Gasteiger partial charge in [-0.1, -0.05) is 35.5 Å². The van der Waals surface area contributed by atoms with Gasteiger partial charge in [0.05, 0.1) is 7.11 Å². The SMILES string of the molecule is COc1cccc(Sc2ccc(CN)c(Cl)c2)c1. The predicted molar refractivity (Wildman–Crippen MR) is 76.5 cm³/mol. The minimum absolute atomic E-state index is 0.461. The van der Waals surface area contributed by atoms with E-state index in [0.29, 0.717) is 11.6 Å². The molecule has 0 spiro atoms. The average molecular weight is 280 g/mol. The van der Waals surface area contributed by atoms with Crippen molar-refractivity contribution in [2.75, 3.05) is 7.11 Å². The van der Waals surface area contributed by atoms with Crippen LogP contribution in [0.3, 0.4) is 0 Å². The molecule has 94 valence electrons. The van der Waals surface area contributed by atoms with Gasteiger partial charge in [-0.3, -0.25) is 0 Å². The second-order valence-corrected chi connectivity index (χ2v) is 5.29. The van der Waals surface area contributed by atoms with Crippen LogP contribution in [0.5, 0.6) is 5.75 Å². The highest BCUT2D eigenvalue weighted by Crippen LogP contribution is 2.32. The van der Waals surface area contributed by atoms with Gasteiger partial charge in [0.1, 0.15) is 5.75 Å². The van der Waals surface area contributed by atoms with E-state index in [1.165, 1.54) is 0 Å². The van der Waals surface area contributed by atoms with Crippen LogP contribution in [-0.4, -0.2) is 7.11 Å². The summed E-state index contributed by atoms with van der Waals surface area (Å²) in [4.78, 5) is 2.20. The Morgan fingerprint density at radius 1 is 1.17 bits per heavy atom. The Bertz CT molecular complexity index is 545. The van der Waals surface area contributed by atoms with Crippen LogP contribution in [-0.2, 0) is 6.54 Å². The highest BCUT2D eigenvalue weighted by Gasteiger charge is 2.03. The molecule has 0 unspecified atom stereocenters. The van der Waals surface area contributed by atoms with Crippen molar-refractivity contribution in [1.29, 1.82) is 0 Å². The van der Waals surface area contributed by atoms with Crippen molar-refractivity contribution in [3.8, 4) is 5.75 Å². The van der Waals surface area contributed by atoms with Crippen molar-refractivity contribution < 1.29 is 4.74 Å². The third-order valence-electron chi connectivity index (χ3n) is 2.52. The van der Waals surface area contributed by atoms with Crippen molar-refractivity contribution >= 4 is 23.4 Å². The summed E-state index contributed by atoms with van der Waals surface area (Å²) in [5.74, 6) is 0.852. The first kappa shape index (κ1) is 13.3. The molecule has 2 nitrogen and oxygen atoms in total. The Morgan fingerprint density at radius 2 is 1.94 bits per heavy atom.